The Bertz CT molecular complexity index is 1520. The van der Waals surface area contributed by atoms with Gasteiger partial charge in [0.25, 0.3) is 0 Å². The first-order valence-corrected chi connectivity index (χ1v) is 14.5. The fourth-order valence-corrected chi connectivity index (χ4v) is 4.65. The summed E-state index contributed by atoms with van der Waals surface area (Å²) >= 11 is 6.22. The summed E-state index contributed by atoms with van der Waals surface area (Å²) in [6.07, 6.45) is 5.11. The maximum Gasteiger partial charge on any atom is 0.354 e. The normalized spacial score (nSPS) is 12.3. The number of aliphatic imine (C=N–C) groups is 1. The van der Waals surface area contributed by atoms with Gasteiger partial charge in [0.1, 0.15) is 5.65 Å². The van der Waals surface area contributed by atoms with E-state index in [-0.39, 0.29) is 11.1 Å². The maximum absolute atomic E-state index is 15.0. The lowest BCUT2D eigenvalue weighted by atomic mass is 10.0. The number of rotatable bonds is 12. The van der Waals surface area contributed by atoms with Crippen molar-refractivity contribution in [1.29, 1.82) is 0 Å². The number of aromatic amines is 1. The first kappa shape index (κ1) is 32.9. The molecule has 0 saturated heterocycles. The smallest absolute Gasteiger partial charge is 0.354 e. The number of nitrogens with one attached hydrogen (secondary N) is 3. The Morgan fingerprint density at radius 2 is 1.88 bits per heavy atom. The summed E-state index contributed by atoms with van der Waals surface area (Å²) < 4.78 is 16.5. The number of H-pyrrole nitrogens is 1. The minimum Gasteiger partial charge on any atom is -0.388 e. The summed E-state index contributed by atoms with van der Waals surface area (Å²) in [6, 6.07) is 13.0. The molecular weight excluding hydrogens is 555 g/mol. The summed E-state index contributed by atoms with van der Waals surface area (Å²) in [5.41, 5.74) is 14.9. The number of aryl methyl sites for hydroxylation is 1. The van der Waals surface area contributed by atoms with Crippen molar-refractivity contribution in [2.45, 2.75) is 52.1 Å². The molecule has 7 N–H and O–H groups in total. The van der Waals surface area contributed by atoms with Crippen molar-refractivity contribution in [3.8, 4) is 16.9 Å². The molecule has 226 valence electrons. The Morgan fingerprint density at radius 1 is 1.17 bits per heavy atom. The standard InChI is InChI=1S/C29H35ClFN7O.C2H7N/c1-18(32)5-3-6-21-13-24(27(31)25(30)14-21)26-15-22-17-38(29(39)37-28(22)36-26)23-9-7-20(8-10-23)16-34-11-4-12-35-19(2)33;1-3-2/h7-10,13-15,17-18,34H,3-6,11-12,16,32H2,1-2H3,(H2,33,35)(H,36,37,39);3H,1-2H3. The lowest BCUT2D eigenvalue weighted by Gasteiger charge is -2.09. The fraction of sp³-hybridized carbons (Fsp3) is 0.387. The van der Waals surface area contributed by atoms with Gasteiger partial charge in [-0.15, -0.1) is 0 Å². The predicted molar refractivity (Wildman–Crippen MR) is 172 cm³/mol. The number of fused-ring (bicyclic) bond motifs is 1. The van der Waals surface area contributed by atoms with E-state index >= 15 is 4.39 Å². The van der Waals surface area contributed by atoms with Gasteiger partial charge in [-0.2, -0.15) is 4.98 Å². The molecule has 1 unspecified atom stereocenters. The average molecular weight is 597 g/mol. The quantitative estimate of drug-likeness (QED) is 0.0924. The molecule has 11 heteroatoms. The maximum atomic E-state index is 15.0. The largest absolute Gasteiger partial charge is 0.388 e. The fourth-order valence-electron chi connectivity index (χ4n) is 4.40. The molecule has 0 amide bonds. The second-order valence-electron chi connectivity index (χ2n) is 10.4. The van der Waals surface area contributed by atoms with Crippen LogP contribution >= 0.6 is 11.6 Å². The first-order valence-electron chi connectivity index (χ1n) is 14.1. The molecule has 0 aliphatic carbocycles. The molecule has 0 radical (unpaired) electrons. The van der Waals surface area contributed by atoms with Gasteiger partial charge < -0.3 is 27.1 Å². The van der Waals surface area contributed by atoms with Crippen LogP contribution in [-0.2, 0) is 13.0 Å². The molecule has 0 saturated carbocycles. The molecule has 2 heterocycles. The van der Waals surface area contributed by atoms with E-state index < -0.39 is 11.5 Å². The molecule has 4 aromatic rings. The lowest BCUT2D eigenvalue weighted by molar-refractivity contribution is 0.618. The third kappa shape index (κ3) is 9.49. The van der Waals surface area contributed by atoms with E-state index in [1.54, 1.807) is 31.3 Å². The Labute approximate surface area is 251 Å². The summed E-state index contributed by atoms with van der Waals surface area (Å²) in [7, 11) is 3.75. The van der Waals surface area contributed by atoms with Crippen LogP contribution in [0.3, 0.4) is 0 Å². The van der Waals surface area contributed by atoms with Crippen molar-refractivity contribution in [1.82, 2.24) is 25.2 Å². The summed E-state index contributed by atoms with van der Waals surface area (Å²) in [5.74, 6) is 0.0831. The molecule has 42 heavy (non-hydrogen) atoms. The van der Waals surface area contributed by atoms with E-state index in [0.717, 1.165) is 43.4 Å². The number of hydrogen-bond acceptors (Lipinski definition) is 6. The molecule has 0 fully saturated rings. The minimum absolute atomic E-state index is 0.0585. The molecular formula is C31H42ClFN8O. The van der Waals surface area contributed by atoms with Crippen LogP contribution in [0.25, 0.3) is 28.0 Å². The highest BCUT2D eigenvalue weighted by Gasteiger charge is 2.15. The molecule has 0 aliphatic heterocycles. The van der Waals surface area contributed by atoms with Gasteiger partial charge in [0, 0.05) is 36.3 Å². The number of hydrogen-bond donors (Lipinski definition) is 5. The highest BCUT2D eigenvalue weighted by atomic mass is 35.5. The van der Waals surface area contributed by atoms with E-state index in [4.69, 9.17) is 23.1 Å². The van der Waals surface area contributed by atoms with Gasteiger partial charge in [0.2, 0.25) is 0 Å². The molecule has 0 aliphatic rings. The van der Waals surface area contributed by atoms with Crippen molar-refractivity contribution < 1.29 is 4.39 Å². The van der Waals surface area contributed by atoms with Crippen molar-refractivity contribution >= 4 is 28.5 Å². The second-order valence-corrected chi connectivity index (χ2v) is 10.8. The number of halogens is 2. The molecule has 1 atom stereocenters. The van der Waals surface area contributed by atoms with Gasteiger partial charge in [-0.1, -0.05) is 23.7 Å². The number of amidine groups is 1. The lowest BCUT2D eigenvalue weighted by Crippen LogP contribution is -2.20. The van der Waals surface area contributed by atoms with Gasteiger partial charge in [-0.3, -0.25) is 9.56 Å². The van der Waals surface area contributed by atoms with Crippen LogP contribution < -0.4 is 27.8 Å². The minimum atomic E-state index is -0.513. The summed E-state index contributed by atoms with van der Waals surface area (Å²) in [4.78, 5) is 24.3. The van der Waals surface area contributed by atoms with Crippen molar-refractivity contribution in [3.05, 3.63) is 81.1 Å². The van der Waals surface area contributed by atoms with E-state index in [9.17, 15) is 4.79 Å². The highest BCUT2D eigenvalue weighted by Crippen LogP contribution is 2.31. The zero-order valence-electron chi connectivity index (χ0n) is 24.8. The van der Waals surface area contributed by atoms with E-state index in [0.29, 0.717) is 46.9 Å². The Morgan fingerprint density at radius 3 is 2.55 bits per heavy atom. The second kappa shape index (κ2) is 16.2. The zero-order valence-corrected chi connectivity index (χ0v) is 25.6. The summed E-state index contributed by atoms with van der Waals surface area (Å²) in [5, 5.41) is 6.87. The van der Waals surface area contributed by atoms with E-state index in [1.807, 2.05) is 45.3 Å². The molecule has 2 aromatic carbocycles. The van der Waals surface area contributed by atoms with Crippen LogP contribution in [0.5, 0.6) is 0 Å². The van der Waals surface area contributed by atoms with Crippen LogP contribution in [-0.4, -0.2) is 53.6 Å². The molecule has 4 rings (SSSR count). The average Bonchev–Trinajstić information content (AvgIpc) is 3.35. The third-order valence-corrected chi connectivity index (χ3v) is 6.70. The van der Waals surface area contributed by atoms with Crippen LogP contribution in [0, 0.1) is 5.82 Å². The van der Waals surface area contributed by atoms with E-state index in [1.165, 1.54) is 4.57 Å². The van der Waals surface area contributed by atoms with Crippen molar-refractivity contribution in [2.75, 3.05) is 27.2 Å². The predicted octanol–water partition coefficient (Wildman–Crippen LogP) is 4.54. The van der Waals surface area contributed by atoms with Crippen molar-refractivity contribution in [3.63, 3.8) is 0 Å². The topological polar surface area (TPSA) is 139 Å². The summed E-state index contributed by atoms with van der Waals surface area (Å²) in [6.45, 7) is 5.98. The zero-order chi connectivity index (χ0) is 30.6. The Kier molecular flexibility index (Phi) is 12.7. The number of benzene rings is 2. The number of aromatic nitrogens is 3. The molecule has 0 bridgehead atoms. The first-order chi connectivity index (χ1) is 20.1. The van der Waals surface area contributed by atoms with Gasteiger partial charge >= 0.3 is 5.69 Å². The number of nitrogens with two attached hydrogens (primary N) is 2. The molecule has 2 aromatic heterocycles. The van der Waals surface area contributed by atoms with Gasteiger partial charge in [0.15, 0.2) is 5.82 Å². The Balaban J connectivity index is 0.00000155. The molecule has 9 nitrogen and oxygen atoms in total. The van der Waals surface area contributed by atoms with Gasteiger partial charge in [-0.05, 0) is 102 Å². The van der Waals surface area contributed by atoms with Gasteiger partial charge in [-0.25, -0.2) is 9.18 Å². The van der Waals surface area contributed by atoms with Crippen LogP contribution in [0.1, 0.15) is 44.2 Å². The van der Waals surface area contributed by atoms with Crippen LogP contribution in [0.15, 0.2) is 58.4 Å². The highest BCUT2D eigenvalue weighted by molar-refractivity contribution is 6.31. The molecule has 0 spiro atoms. The van der Waals surface area contributed by atoms with Gasteiger partial charge in [0.05, 0.1) is 22.2 Å². The van der Waals surface area contributed by atoms with E-state index in [2.05, 4.69) is 25.6 Å². The van der Waals surface area contributed by atoms with Crippen molar-refractivity contribution in [2.24, 2.45) is 16.5 Å². The SMILES string of the molecule is CC(N)=NCCCNCc1ccc(-n2cc3cc(-c4cc(CCCC(C)N)cc(Cl)c4F)[nH]c3nc2=O)cc1.CNC. The van der Waals surface area contributed by atoms with Crippen LogP contribution in [0.2, 0.25) is 5.02 Å². The third-order valence-electron chi connectivity index (χ3n) is 6.43. The van der Waals surface area contributed by atoms with Crippen LogP contribution in [0.4, 0.5) is 4.39 Å². The monoisotopic (exact) mass is 596 g/mol. The Hall–Kier alpha value is -3.57. The number of nitrogens with zero attached hydrogens (tertiary/aromatic N) is 3.